The zero-order valence-corrected chi connectivity index (χ0v) is 24.8. The normalized spacial score (nSPS) is 11.6. The topological polar surface area (TPSA) is 4.93 Å². The number of rotatable bonds is 4. The first-order valence-corrected chi connectivity index (χ1v) is 15.8. The van der Waals surface area contributed by atoms with E-state index in [4.69, 9.17) is 0 Å². The molecule has 0 saturated carbocycles. The van der Waals surface area contributed by atoms with Crippen molar-refractivity contribution in [3.8, 4) is 39.1 Å². The van der Waals surface area contributed by atoms with Crippen LogP contribution >= 0.6 is 11.3 Å². The van der Waals surface area contributed by atoms with Crippen molar-refractivity contribution in [3.05, 3.63) is 164 Å². The van der Waals surface area contributed by atoms with Gasteiger partial charge in [0.15, 0.2) is 0 Å². The standard InChI is InChI=1S/C42H27NS/c1-4-10-39-35(7-1)36-8-2-5-11-40(36)43(39)34-24-21-31(22-25-34)30-15-13-28(14-16-30)29-17-19-32(20-18-29)33-23-26-42-38(27-33)37-9-3-6-12-41(37)44-42/h1-27H. The van der Waals surface area contributed by atoms with E-state index in [2.05, 4.69) is 168 Å². The summed E-state index contributed by atoms with van der Waals surface area (Å²) in [5, 5.41) is 5.25. The lowest BCUT2D eigenvalue weighted by Gasteiger charge is -2.10. The summed E-state index contributed by atoms with van der Waals surface area (Å²) in [6, 6.07) is 59.6. The van der Waals surface area contributed by atoms with Crippen LogP contribution in [0, 0.1) is 0 Å². The summed E-state index contributed by atoms with van der Waals surface area (Å²) >= 11 is 1.86. The molecule has 0 aliphatic rings. The molecule has 2 aromatic heterocycles. The first kappa shape index (κ1) is 25.1. The maximum Gasteiger partial charge on any atom is 0.0541 e. The summed E-state index contributed by atoms with van der Waals surface area (Å²) in [5.41, 5.74) is 11.0. The van der Waals surface area contributed by atoms with Crippen molar-refractivity contribution in [3.63, 3.8) is 0 Å². The fraction of sp³-hybridized carbons (Fsp3) is 0. The largest absolute Gasteiger partial charge is 0.309 e. The van der Waals surface area contributed by atoms with Gasteiger partial charge in [-0.3, -0.25) is 0 Å². The Morgan fingerprint density at radius 2 is 0.727 bits per heavy atom. The summed E-state index contributed by atoms with van der Waals surface area (Å²) in [6.45, 7) is 0. The number of fused-ring (bicyclic) bond motifs is 6. The van der Waals surface area contributed by atoms with Gasteiger partial charge in [-0.2, -0.15) is 0 Å². The fourth-order valence-corrected chi connectivity index (χ4v) is 7.71. The highest BCUT2D eigenvalue weighted by molar-refractivity contribution is 7.25. The Balaban J connectivity index is 0.986. The third-order valence-corrected chi connectivity index (χ3v) is 10.0. The molecule has 0 saturated heterocycles. The molecule has 0 fully saturated rings. The SMILES string of the molecule is c1ccc2c(c1)sc1ccc(-c3ccc(-c4ccc(-c5ccc(-n6c7ccccc7c7ccccc76)cc5)cc4)cc3)cc12. The molecule has 0 bridgehead atoms. The molecule has 0 amide bonds. The van der Waals surface area contributed by atoms with E-state index in [1.54, 1.807) is 0 Å². The van der Waals surface area contributed by atoms with Gasteiger partial charge in [0, 0.05) is 36.6 Å². The van der Waals surface area contributed by atoms with Crippen LogP contribution in [0.25, 0.3) is 81.0 Å². The van der Waals surface area contributed by atoms with Crippen molar-refractivity contribution in [2.45, 2.75) is 0 Å². The maximum absolute atomic E-state index is 2.36. The van der Waals surface area contributed by atoms with Crippen LogP contribution in [0.3, 0.4) is 0 Å². The Morgan fingerprint density at radius 1 is 0.318 bits per heavy atom. The van der Waals surface area contributed by atoms with Crippen LogP contribution in [-0.4, -0.2) is 4.57 Å². The van der Waals surface area contributed by atoms with Gasteiger partial charge in [-0.1, -0.05) is 121 Å². The van der Waals surface area contributed by atoms with Gasteiger partial charge in [-0.25, -0.2) is 0 Å². The second-order valence-electron chi connectivity index (χ2n) is 11.4. The van der Waals surface area contributed by atoms with Gasteiger partial charge in [0.05, 0.1) is 11.0 Å². The van der Waals surface area contributed by atoms with Gasteiger partial charge >= 0.3 is 0 Å². The maximum atomic E-state index is 2.36. The van der Waals surface area contributed by atoms with Gasteiger partial charge in [-0.15, -0.1) is 11.3 Å². The third-order valence-electron chi connectivity index (χ3n) is 8.85. The molecule has 2 heteroatoms. The highest BCUT2D eigenvalue weighted by Gasteiger charge is 2.12. The molecule has 7 aromatic carbocycles. The highest BCUT2D eigenvalue weighted by atomic mass is 32.1. The van der Waals surface area contributed by atoms with Crippen LogP contribution in [0.2, 0.25) is 0 Å². The molecule has 0 aliphatic carbocycles. The molecule has 206 valence electrons. The molecule has 0 spiro atoms. The molecular weight excluding hydrogens is 551 g/mol. The van der Waals surface area contributed by atoms with Gasteiger partial charge < -0.3 is 4.57 Å². The highest BCUT2D eigenvalue weighted by Crippen LogP contribution is 2.37. The van der Waals surface area contributed by atoms with Crippen molar-refractivity contribution in [2.24, 2.45) is 0 Å². The number of nitrogens with zero attached hydrogens (tertiary/aromatic N) is 1. The summed E-state index contributed by atoms with van der Waals surface area (Å²) in [5.74, 6) is 0. The quantitative estimate of drug-likeness (QED) is 0.196. The zero-order chi connectivity index (χ0) is 29.0. The van der Waals surface area contributed by atoms with Crippen molar-refractivity contribution in [1.82, 2.24) is 4.57 Å². The molecule has 0 unspecified atom stereocenters. The van der Waals surface area contributed by atoms with Crippen LogP contribution in [0.5, 0.6) is 0 Å². The van der Waals surface area contributed by atoms with E-state index >= 15 is 0 Å². The minimum atomic E-state index is 1.18. The van der Waals surface area contributed by atoms with Crippen LogP contribution in [-0.2, 0) is 0 Å². The Labute approximate surface area is 259 Å². The minimum Gasteiger partial charge on any atom is -0.309 e. The van der Waals surface area contributed by atoms with E-state index in [0.29, 0.717) is 0 Å². The van der Waals surface area contributed by atoms with Gasteiger partial charge in [0.25, 0.3) is 0 Å². The van der Waals surface area contributed by atoms with E-state index in [9.17, 15) is 0 Å². The predicted octanol–water partition coefficient (Wildman–Crippen LogP) is 12.2. The van der Waals surface area contributed by atoms with E-state index in [0.717, 1.165) is 0 Å². The number of aromatic nitrogens is 1. The summed E-state index contributed by atoms with van der Waals surface area (Å²) < 4.78 is 5.05. The lowest BCUT2D eigenvalue weighted by Crippen LogP contribution is -1.93. The fourth-order valence-electron chi connectivity index (χ4n) is 6.62. The molecule has 9 rings (SSSR count). The lowest BCUT2D eigenvalue weighted by atomic mass is 9.97. The number of benzene rings is 7. The second kappa shape index (κ2) is 10.1. The number of hydrogen-bond donors (Lipinski definition) is 0. The van der Waals surface area contributed by atoms with Gasteiger partial charge in [0.2, 0.25) is 0 Å². The third kappa shape index (κ3) is 4.07. The van der Waals surface area contributed by atoms with E-state index < -0.39 is 0 Å². The van der Waals surface area contributed by atoms with Crippen molar-refractivity contribution < 1.29 is 0 Å². The molecule has 44 heavy (non-hydrogen) atoms. The van der Waals surface area contributed by atoms with Crippen molar-refractivity contribution in [2.75, 3.05) is 0 Å². The van der Waals surface area contributed by atoms with Crippen molar-refractivity contribution in [1.29, 1.82) is 0 Å². The number of thiophene rings is 1. The van der Waals surface area contributed by atoms with Crippen molar-refractivity contribution >= 4 is 53.3 Å². The van der Waals surface area contributed by atoms with Crippen LogP contribution in [0.1, 0.15) is 0 Å². The average molecular weight is 578 g/mol. The second-order valence-corrected chi connectivity index (χ2v) is 12.5. The Hall–Kier alpha value is -5.44. The minimum absolute atomic E-state index is 1.18. The molecule has 0 N–H and O–H groups in total. The zero-order valence-electron chi connectivity index (χ0n) is 23.9. The lowest BCUT2D eigenvalue weighted by molar-refractivity contribution is 1.18. The Bertz CT molecular complexity index is 2410. The molecular formula is C42H27NS. The smallest absolute Gasteiger partial charge is 0.0541 e. The molecule has 0 aliphatic heterocycles. The molecule has 0 atom stereocenters. The monoisotopic (exact) mass is 577 g/mol. The first-order chi connectivity index (χ1) is 21.8. The number of para-hydroxylation sites is 2. The molecule has 1 nitrogen and oxygen atoms in total. The Kier molecular flexibility index (Phi) is 5.75. The first-order valence-electron chi connectivity index (χ1n) is 15.0. The van der Waals surface area contributed by atoms with Crippen LogP contribution in [0.4, 0.5) is 0 Å². The Morgan fingerprint density at radius 3 is 1.30 bits per heavy atom. The van der Waals surface area contributed by atoms with Gasteiger partial charge in [0.1, 0.15) is 0 Å². The summed E-state index contributed by atoms with van der Waals surface area (Å²) in [4.78, 5) is 0. The predicted molar refractivity (Wildman–Crippen MR) is 190 cm³/mol. The van der Waals surface area contributed by atoms with E-state index in [1.807, 2.05) is 11.3 Å². The number of hydrogen-bond acceptors (Lipinski definition) is 1. The molecule has 9 aromatic rings. The summed E-state index contributed by atoms with van der Waals surface area (Å²) in [6.07, 6.45) is 0. The van der Waals surface area contributed by atoms with E-state index in [1.165, 1.54) is 81.0 Å². The van der Waals surface area contributed by atoms with Gasteiger partial charge in [-0.05, 0) is 75.8 Å². The average Bonchev–Trinajstić information content (AvgIpc) is 3.64. The molecule has 2 heterocycles. The summed E-state index contributed by atoms with van der Waals surface area (Å²) in [7, 11) is 0. The molecule has 0 radical (unpaired) electrons. The van der Waals surface area contributed by atoms with Crippen LogP contribution in [0.15, 0.2) is 164 Å². The van der Waals surface area contributed by atoms with Crippen LogP contribution < -0.4 is 0 Å². The van der Waals surface area contributed by atoms with E-state index in [-0.39, 0.29) is 0 Å².